The summed E-state index contributed by atoms with van der Waals surface area (Å²) in [4.78, 5) is 4.70. The predicted octanol–water partition coefficient (Wildman–Crippen LogP) is 4.58. The molecular formula is C16H14BrClN2O. The van der Waals surface area contributed by atoms with Gasteiger partial charge in [-0.3, -0.25) is 4.57 Å². The molecule has 0 fully saturated rings. The standard InChI is InChI=1S/C16H14BrClN2O/c1-21-15-5-3-2-4-13(15)20-14-10-11(17)6-7-12(14)19-16(20)8-9-18/h2-7,10H,8-9H2,1H3. The highest BCUT2D eigenvalue weighted by Gasteiger charge is 2.15. The summed E-state index contributed by atoms with van der Waals surface area (Å²) < 4.78 is 8.62. The van der Waals surface area contributed by atoms with E-state index in [1.807, 2.05) is 36.4 Å². The van der Waals surface area contributed by atoms with E-state index in [-0.39, 0.29) is 0 Å². The molecule has 1 heterocycles. The Balaban J connectivity index is 2.32. The maximum atomic E-state index is 5.93. The lowest BCUT2D eigenvalue weighted by molar-refractivity contribution is 0.413. The Morgan fingerprint density at radius 1 is 1.24 bits per heavy atom. The summed E-state index contributed by atoms with van der Waals surface area (Å²) in [6, 6.07) is 14.0. The number of methoxy groups -OCH3 is 1. The van der Waals surface area contributed by atoms with Crippen molar-refractivity contribution in [1.29, 1.82) is 0 Å². The van der Waals surface area contributed by atoms with E-state index in [1.165, 1.54) is 0 Å². The second-order valence-corrected chi connectivity index (χ2v) is 5.90. The van der Waals surface area contributed by atoms with Crippen LogP contribution in [0.3, 0.4) is 0 Å². The molecule has 3 rings (SSSR count). The number of hydrogen-bond donors (Lipinski definition) is 0. The molecule has 0 unspecified atom stereocenters. The Labute approximate surface area is 136 Å². The molecule has 0 atom stereocenters. The average Bonchev–Trinajstić information content (AvgIpc) is 2.84. The van der Waals surface area contributed by atoms with Crippen LogP contribution in [0.2, 0.25) is 0 Å². The summed E-state index contributed by atoms with van der Waals surface area (Å²) in [7, 11) is 1.68. The normalized spacial score (nSPS) is 11.0. The number of hydrogen-bond acceptors (Lipinski definition) is 2. The lowest BCUT2D eigenvalue weighted by Gasteiger charge is -2.12. The van der Waals surface area contributed by atoms with Crippen molar-refractivity contribution < 1.29 is 4.74 Å². The lowest BCUT2D eigenvalue weighted by Crippen LogP contribution is -2.04. The van der Waals surface area contributed by atoms with Gasteiger partial charge in [0.2, 0.25) is 0 Å². The van der Waals surface area contributed by atoms with Crippen LogP contribution in [0, 0.1) is 0 Å². The molecular weight excluding hydrogens is 352 g/mol. The van der Waals surface area contributed by atoms with Crippen LogP contribution in [-0.4, -0.2) is 22.5 Å². The van der Waals surface area contributed by atoms with E-state index < -0.39 is 0 Å². The molecule has 0 saturated heterocycles. The van der Waals surface area contributed by atoms with Gasteiger partial charge in [-0.2, -0.15) is 0 Å². The number of alkyl halides is 1. The van der Waals surface area contributed by atoms with Crippen molar-refractivity contribution in [3.63, 3.8) is 0 Å². The first-order chi connectivity index (χ1) is 10.2. The summed E-state index contributed by atoms with van der Waals surface area (Å²) in [5.41, 5.74) is 2.96. The van der Waals surface area contributed by atoms with Gasteiger partial charge in [-0.15, -0.1) is 11.6 Å². The number of benzene rings is 2. The van der Waals surface area contributed by atoms with E-state index in [0.29, 0.717) is 12.3 Å². The summed E-state index contributed by atoms with van der Waals surface area (Å²) in [5, 5.41) is 0. The van der Waals surface area contributed by atoms with Crippen LogP contribution < -0.4 is 4.74 Å². The number of aromatic nitrogens is 2. The SMILES string of the molecule is COc1ccccc1-n1c(CCCl)nc2ccc(Br)cc21. The van der Waals surface area contributed by atoms with E-state index in [0.717, 1.165) is 32.8 Å². The van der Waals surface area contributed by atoms with Crippen LogP contribution in [0.4, 0.5) is 0 Å². The van der Waals surface area contributed by atoms with E-state index in [9.17, 15) is 0 Å². The molecule has 2 aromatic carbocycles. The van der Waals surface area contributed by atoms with Crippen molar-refractivity contribution >= 4 is 38.6 Å². The molecule has 0 spiro atoms. The third-order valence-electron chi connectivity index (χ3n) is 3.33. The number of imidazole rings is 1. The average molecular weight is 366 g/mol. The number of rotatable bonds is 4. The van der Waals surface area contributed by atoms with Gasteiger partial charge in [0, 0.05) is 16.8 Å². The first kappa shape index (κ1) is 14.4. The highest BCUT2D eigenvalue weighted by atomic mass is 79.9. The van der Waals surface area contributed by atoms with Gasteiger partial charge < -0.3 is 4.74 Å². The molecule has 0 bridgehead atoms. The van der Waals surface area contributed by atoms with Gasteiger partial charge in [-0.1, -0.05) is 28.1 Å². The molecule has 21 heavy (non-hydrogen) atoms. The van der Waals surface area contributed by atoms with E-state index in [2.05, 4.69) is 26.6 Å². The Hall–Kier alpha value is -1.52. The molecule has 3 aromatic rings. The quantitative estimate of drug-likeness (QED) is 0.633. The maximum Gasteiger partial charge on any atom is 0.142 e. The molecule has 0 N–H and O–H groups in total. The zero-order valence-corrected chi connectivity index (χ0v) is 13.9. The third-order valence-corrected chi connectivity index (χ3v) is 4.01. The van der Waals surface area contributed by atoms with Gasteiger partial charge in [0.25, 0.3) is 0 Å². The predicted molar refractivity (Wildman–Crippen MR) is 89.7 cm³/mol. The van der Waals surface area contributed by atoms with Crippen molar-refractivity contribution in [2.24, 2.45) is 0 Å². The first-order valence-electron chi connectivity index (χ1n) is 6.61. The van der Waals surface area contributed by atoms with Crippen LogP contribution >= 0.6 is 27.5 Å². The minimum atomic E-state index is 0.527. The van der Waals surface area contributed by atoms with Gasteiger partial charge in [-0.25, -0.2) is 4.98 Å². The highest BCUT2D eigenvalue weighted by Crippen LogP contribution is 2.30. The summed E-state index contributed by atoms with van der Waals surface area (Å²) in [6.45, 7) is 0. The number of nitrogens with zero attached hydrogens (tertiary/aromatic N) is 2. The van der Waals surface area contributed by atoms with Gasteiger partial charge in [0.1, 0.15) is 11.6 Å². The second kappa shape index (κ2) is 6.08. The number of halogens is 2. The topological polar surface area (TPSA) is 27.1 Å². The molecule has 0 radical (unpaired) electrons. The molecule has 108 valence electrons. The fourth-order valence-corrected chi connectivity index (χ4v) is 2.95. The fraction of sp³-hybridized carbons (Fsp3) is 0.188. The molecule has 3 nitrogen and oxygen atoms in total. The van der Waals surface area contributed by atoms with Gasteiger partial charge in [-0.05, 0) is 30.3 Å². The first-order valence-corrected chi connectivity index (χ1v) is 7.93. The summed E-state index contributed by atoms with van der Waals surface area (Å²) >= 11 is 9.46. The minimum Gasteiger partial charge on any atom is -0.495 e. The maximum absolute atomic E-state index is 5.93. The molecule has 0 aliphatic rings. The zero-order chi connectivity index (χ0) is 14.8. The van der Waals surface area contributed by atoms with Crippen molar-refractivity contribution in [2.45, 2.75) is 6.42 Å². The molecule has 5 heteroatoms. The molecule has 0 amide bonds. The summed E-state index contributed by atoms with van der Waals surface area (Å²) in [5.74, 6) is 2.27. The second-order valence-electron chi connectivity index (χ2n) is 4.61. The van der Waals surface area contributed by atoms with Crippen molar-refractivity contribution in [2.75, 3.05) is 13.0 Å². The number of aryl methyl sites for hydroxylation is 1. The molecule has 0 aliphatic carbocycles. The Bertz CT molecular complexity index is 785. The lowest BCUT2D eigenvalue weighted by atomic mass is 10.2. The highest BCUT2D eigenvalue weighted by molar-refractivity contribution is 9.10. The van der Waals surface area contributed by atoms with Crippen LogP contribution in [0.5, 0.6) is 5.75 Å². The molecule has 0 aliphatic heterocycles. The largest absolute Gasteiger partial charge is 0.495 e. The molecule has 1 aromatic heterocycles. The fourth-order valence-electron chi connectivity index (χ4n) is 2.43. The van der Waals surface area contributed by atoms with Gasteiger partial charge in [0.15, 0.2) is 0 Å². The van der Waals surface area contributed by atoms with Crippen LogP contribution in [0.15, 0.2) is 46.9 Å². The van der Waals surface area contributed by atoms with Crippen molar-refractivity contribution in [3.8, 4) is 11.4 Å². The monoisotopic (exact) mass is 364 g/mol. The van der Waals surface area contributed by atoms with E-state index >= 15 is 0 Å². The van der Waals surface area contributed by atoms with Gasteiger partial charge in [0.05, 0.1) is 23.8 Å². The third kappa shape index (κ3) is 2.65. The summed E-state index contributed by atoms with van der Waals surface area (Å²) in [6.07, 6.45) is 0.700. The number of ether oxygens (including phenoxy) is 1. The van der Waals surface area contributed by atoms with Crippen LogP contribution in [0.1, 0.15) is 5.82 Å². The Kier molecular flexibility index (Phi) is 4.17. The number of para-hydroxylation sites is 2. The Morgan fingerprint density at radius 2 is 2.05 bits per heavy atom. The van der Waals surface area contributed by atoms with Crippen LogP contribution in [-0.2, 0) is 6.42 Å². The van der Waals surface area contributed by atoms with E-state index in [1.54, 1.807) is 7.11 Å². The minimum absolute atomic E-state index is 0.527. The number of fused-ring (bicyclic) bond motifs is 1. The zero-order valence-electron chi connectivity index (χ0n) is 11.5. The Morgan fingerprint density at radius 3 is 2.81 bits per heavy atom. The van der Waals surface area contributed by atoms with Crippen LogP contribution in [0.25, 0.3) is 16.7 Å². The molecule has 0 saturated carbocycles. The van der Waals surface area contributed by atoms with Gasteiger partial charge >= 0.3 is 0 Å². The van der Waals surface area contributed by atoms with E-state index in [4.69, 9.17) is 21.3 Å². The van der Waals surface area contributed by atoms with Crippen molar-refractivity contribution in [3.05, 3.63) is 52.8 Å². The smallest absolute Gasteiger partial charge is 0.142 e. The van der Waals surface area contributed by atoms with Crippen molar-refractivity contribution in [1.82, 2.24) is 9.55 Å².